The number of hydrogen-bond acceptors (Lipinski definition) is 3. The summed E-state index contributed by atoms with van der Waals surface area (Å²) in [7, 11) is 1.63. The van der Waals surface area contributed by atoms with E-state index < -0.39 is 17.1 Å². The maximum atomic E-state index is 13.3. The molecule has 0 aromatic heterocycles. The molecule has 2 amide bonds. The van der Waals surface area contributed by atoms with E-state index in [0.29, 0.717) is 26.1 Å². The molecule has 2 heterocycles. The van der Waals surface area contributed by atoms with Gasteiger partial charge < -0.3 is 14.9 Å². The van der Waals surface area contributed by atoms with Crippen LogP contribution < -0.4 is 0 Å². The summed E-state index contributed by atoms with van der Waals surface area (Å²) < 4.78 is 13.2. The number of likely N-dealkylation sites (tertiary alicyclic amines) is 1. The second kappa shape index (κ2) is 6.78. The summed E-state index contributed by atoms with van der Waals surface area (Å²) in [6, 6.07) is 15.5. The zero-order valence-corrected chi connectivity index (χ0v) is 15.6. The number of nitrogens with zero attached hydrogens (tertiary/aromatic N) is 2. The van der Waals surface area contributed by atoms with Crippen LogP contribution in [0.2, 0.25) is 0 Å². The van der Waals surface area contributed by atoms with Gasteiger partial charge in [-0.2, -0.15) is 0 Å². The van der Waals surface area contributed by atoms with Crippen LogP contribution >= 0.6 is 0 Å². The lowest BCUT2D eigenvalue weighted by Crippen LogP contribution is -2.57. The quantitative estimate of drug-likeness (QED) is 0.891. The highest BCUT2D eigenvalue weighted by atomic mass is 19.1. The minimum atomic E-state index is -0.732. The predicted octanol–water partition coefficient (Wildman–Crippen LogP) is 2.78. The highest BCUT2D eigenvalue weighted by molar-refractivity contribution is 6.07. The third-order valence-corrected chi connectivity index (χ3v) is 5.69. The molecule has 2 aliphatic rings. The van der Waals surface area contributed by atoms with Gasteiger partial charge in [-0.15, -0.1) is 0 Å². The number of halogens is 1. The van der Waals surface area contributed by atoms with Gasteiger partial charge in [-0.3, -0.25) is 9.59 Å². The molecule has 1 fully saturated rings. The summed E-state index contributed by atoms with van der Waals surface area (Å²) in [6.45, 7) is 1.11. The van der Waals surface area contributed by atoms with Crippen LogP contribution in [-0.2, 0) is 21.5 Å². The molecular formula is C22H21FN2O3. The number of hydrogen-bond donors (Lipinski definition) is 1. The molecule has 4 rings (SSSR count). The number of carbonyl (C=O) groups is 2. The molecule has 0 bridgehead atoms. The minimum absolute atomic E-state index is 0.162. The van der Waals surface area contributed by atoms with E-state index in [2.05, 4.69) is 0 Å². The van der Waals surface area contributed by atoms with Gasteiger partial charge in [0.1, 0.15) is 5.82 Å². The molecule has 2 aromatic rings. The lowest BCUT2D eigenvalue weighted by atomic mass is 9.66. The molecule has 0 aliphatic carbocycles. The van der Waals surface area contributed by atoms with Crippen LogP contribution in [0.15, 0.2) is 65.9 Å². The van der Waals surface area contributed by atoms with Gasteiger partial charge >= 0.3 is 0 Å². The molecule has 1 atom stereocenters. The fourth-order valence-corrected chi connectivity index (χ4v) is 4.26. The van der Waals surface area contributed by atoms with Crippen molar-refractivity contribution in [1.82, 2.24) is 9.80 Å². The molecule has 1 saturated heterocycles. The summed E-state index contributed by atoms with van der Waals surface area (Å²) in [4.78, 5) is 28.8. The van der Waals surface area contributed by atoms with Crippen molar-refractivity contribution in [3.63, 3.8) is 0 Å². The Morgan fingerprint density at radius 3 is 2.39 bits per heavy atom. The lowest BCUT2D eigenvalue weighted by Gasteiger charge is -2.47. The summed E-state index contributed by atoms with van der Waals surface area (Å²) >= 11 is 0. The van der Waals surface area contributed by atoms with E-state index in [1.165, 1.54) is 17.0 Å². The van der Waals surface area contributed by atoms with E-state index in [1.807, 2.05) is 30.3 Å². The molecule has 2 aromatic carbocycles. The first-order valence-electron chi connectivity index (χ1n) is 9.21. The summed E-state index contributed by atoms with van der Waals surface area (Å²) in [6.07, 6.45) is 0.584. The Morgan fingerprint density at radius 1 is 1.04 bits per heavy atom. The third kappa shape index (κ3) is 2.85. The predicted molar refractivity (Wildman–Crippen MR) is 102 cm³/mol. The average Bonchev–Trinajstić information content (AvgIpc) is 2.70. The van der Waals surface area contributed by atoms with E-state index in [-0.39, 0.29) is 17.3 Å². The maximum Gasteiger partial charge on any atom is 0.289 e. The summed E-state index contributed by atoms with van der Waals surface area (Å²) in [5.74, 6) is -1.71. The molecule has 2 aliphatic heterocycles. The molecule has 6 heteroatoms. The van der Waals surface area contributed by atoms with Gasteiger partial charge in [0, 0.05) is 32.1 Å². The number of aliphatic hydroxyl groups is 1. The summed E-state index contributed by atoms with van der Waals surface area (Å²) in [5.41, 5.74) is 1.13. The van der Waals surface area contributed by atoms with Crippen LogP contribution in [0.4, 0.5) is 4.39 Å². The van der Waals surface area contributed by atoms with Crippen molar-refractivity contribution >= 4 is 11.8 Å². The number of piperidine rings is 1. The summed E-state index contributed by atoms with van der Waals surface area (Å²) in [5, 5.41) is 10.7. The number of carbonyl (C=O) groups excluding carboxylic acids is 2. The van der Waals surface area contributed by atoms with Gasteiger partial charge in [-0.1, -0.05) is 42.5 Å². The Morgan fingerprint density at radius 2 is 1.71 bits per heavy atom. The van der Waals surface area contributed by atoms with Gasteiger partial charge in [-0.25, -0.2) is 4.39 Å². The number of likely N-dealkylation sites (N-methyl/N-ethyl adjacent to an activating group) is 1. The molecule has 28 heavy (non-hydrogen) atoms. The van der Waals surface area contributed by atoms with Gasteiger partial charge in [0.05, 0.1) is 5.57 Å². The molecular weight excluding hydrogens is 359 g/mol. The van der Waals surface area contributed by atoms with Crippen molar-refractivity contribution in [2.75, 3.05) is 20.1 Å². The van der Waals surface area contributed by atoms with Crippen molar-refractivity contribution in [3.05, 3.63) is 82.9 Å². The number of rotatable bonds is 3. The molecule has 1 N–H and O–H groups in total. The first-order chi connectivity index (χ1) is 13.4. The van der Waals surface area contributed by atoms with Crippen LogP contribution in [-0.4, -0.2) is 46.9 Å². The van der Waals surface area contributed by atoms with Crippen LogP contribution in [0.5, 0.6) is 0 Å². The highest BCUT2D eigenvalue weighted by Crippen LogP contribution is 2.44. The second-order valence-electron chi connectivity index (χ2n) is 7.44. The Balaban J connectivity index is 1.75. The van der Waals surface area contributed by atoms with Crippen LogP contribution in [0, 0.1) is 5.82 Å². The Labute approximate surface area is 162 Å². The standard InChI is InChI=1S/C22H21FN2O3/c1-24-14-22(16-5-3-2-4-6-16)11-12-25(13-15-7-9-17(23)10-8-15)20(27)18(22)19(26)21(24)28/h2-10,26H,11-14H2,1H3. The number of aliphatic hydroxyl groups excluding tert-OH is 1. The monoisotopic (exact) mass is 380 g/mol. The number of amides is 2. The fourth-order valence-electron chi connectivity index (χ4n) is 4.26. The topological polar surface area (TPSA) is 60.9 Å². The Bertz CT molecular complexity index is 956. The van der Waals surface area contributed by atoms with E-state index in [0.717, 1.165) is 11.1 Å². The van der Waals surface area contributed by atoms with Crippen molar-refractivity contribution in [3.8, 4) is 0 Å². The molecule has 0 radical (unpaired) electrons. The fraction of sp³-hybridized carbons (Fsp3) is 0.273. The molecule has 1 unspecified atom stereocenters. The highest BCUT2D eigenvalue weighted by Gasteiger charge is 2.52. The minimum Gasteiger partial charge on any atom is -0.503 e. The van der Waals surface area contributed by atoms with Crippen LogP contribution in [0.3, 0.4) is 0 Å². The maximum absolute atomic E-state index is 13.3. The first-order valence-corrected chi connectivity index (χ1v) is 9.21. The Hall–Kier alpha value is -3.15. The smallest absolute Gasteiger partial charge is 0.289 e. The van der Waals surface area contributed by atoms with Crippen LogP contribution in [0.25, 0.3) is 0 Å². The number of fused-ring (bicyclic) bond motifs is 1. The van der Waals surface area contributed by atoms with E-state index in [4.69, 9.17) is 0 Å². The van der Waals surface area contributed by atoms with Crippen molar-refractivity contribution in [2.24, 2.45) is 0 Å². The second-order valence-corrected chi connectivity index (χ2v) is 7.44. The van der Waals surface area contributed by atoms with E-state index >= 15 is 0 Å². The molecule has 144 valence electrons. The van der Waals surface area contributed by atoms with Gasteiger partial charge in [0.15, 0.2) is 5.76 Å². The zero-order chi connectivity index (χ0) is 19.9. The van der Waals surface area contributed by atoms with Gasteiger partial charge in [0.25, 0.3) is 11.8 Å². The molecule has 0 saturated carbocycles. The van der Waals surface area contributed by atoms with E-state index in [1.54, 1.807) is 24.1 Å². The lowest BCUT2D eigenvalue weighted by molar-refractivity contribution is -0.137. The average molecular weight is 380 g/mol. The Kier molecular flexibility index (Phi) is 4.41. The van der Waals surface area contributed by atoms with Gasteiger partial charge in [-0.05, 0) is 29.7 Å². The number of benzene rings is 2. The van der Waals surface area contributed by atoms with E-state index in [9.17, 15) is 19.1 Å². The third-order valence-electron chi connectivity index (χ3n) is 5.69. The van der Waals surface area contributed by atoms with Crippen molar-refractivity contribution in [2.45, 2.75) is 18.4 Å². The first kappa shape index (κ1) is 18.2. The molecule has 5 nitrogen and oxygen atoms in total. The zero-order valence-electron chi connectivity index (χ0n) is 15.6. The SMILES string of the molecule is CN1CC2(c3ccccc3)CCN(Cc3ccc(F)cc3)C(=O)C2=C(O)C1=O. The normalized spacial score (nSPS) is 22.5. The van der Waals surface area contributed by atoms with Crippen molar-refractivity contribution in [1.29, 1.82) is 0 Å². The van der Waals surface area contributed by atoms with Crippen LogP contribution in [0.1, 0.15) is 17.5 Å². The van der Waals surface area contributed by atoms with Crippen molar-refractivity contribution < 1.29 is 19.1 Å². The van der Waals surface area contributed by atoms with Gasteiger partial charge in [0.2, 0.25) is 0 Å². The molecule has 0 spiro atoms. The largest absolute Gasteiger partial charge is 0.503 e.